The lowest BCUT2D eigenvalue weighted by molar-refractivity contribution is 0.0428. The molecule has 1 N–H and O–H groups in total. The molecular formula is C14H20N4O. The molecule has 1 atom stereocenters. The summed E-state index contributed by atoms with van der Waals surface area (Å²) < 4.78 is 0. The third kappa shape index (κ3) is 2.61. The number of piperidine rings is 2. The molecule has 0 aliphatic carbocycles. The monoisotopic (exact) mass is 260 g/mol. The maximum absolute atomic E-state index is 12.4. The molecule has 1 amide bonds. The Kier molecular flexibility index (Phi) is 3.46. The maximum Gasteiger partial charge on any atom is 0.274 e. The van der Waals surface area contributed by atoms with Crippen LogP contribution in [-0.4, -0.2) is 47.0 Å². The first-order valence-electron chi connectivity index (χ1n) is 7.05. The van der Waals surface area contributed by atoms with Crippen molar-refractivity contribution in [3.63, 3.8) is 0 Å². The zero-order chi connectivity index (χ0) is 13.1. The van der Waals surface area contributed by atoms with E-state index in [0.29, 0.717) is 5.69 Å². The molecule has 2 fully saturated rings. The summed E-state index contributed by atoms with van der Waals surface area (Å²) in [5.41, 5.74) is 0.747. The lowest BCUT2D eigenvalue weighted by atomic mass is 9.74. The van der Waals surface area contributed by atoms with Gasteiger partial charge >= 0.3 is 0 Å². The van der Waals surface area contributed by atoms with Gasteiger partial charge in [-0.15, -0.1) is 0 Å². The Labute approximate surface area is 113 Å². The fraction of sp³-hybridized carbons (Fsp3) is 0.643. The second kappa shape index (κ2) is 5.25. The van der Waals surface area contributed by atoms with Crippen LogP contribution in [0.15, 0.2) is 18.6 Å². The van der Waals surface area contributed by atoms with E-state index in [1.165, 1.54) is 19.3 Å². The van der Waals surface area contributed by atoms with Crippen LogP contribution >= 0.6 is 0 Å². The molecule has 0 saturated carbocycles. The van der Waals surface area contributed by atoms with Crippen LogP contribution in [0.1, 0.15) is 36.2 Å². The van der Waals surface area contributed by atoms with Crippen molar-refractivity contribution in [1.29, 1.82) is 0 Å². The third-order valence-corrected chi connectivity index (χ3v) is 4.29. The van der Waals surface area contributed by atoms with Crippen molar-refractivity contribution >= 4 is 5.91 Å². The second-order valence-electron chi connectivity index (χ2n) is 5.70. The van der Waals surface area contributed by atoms with Gasteiger partial charge in [0.15, 0.2) is 0 Å². The summed E-state index contributed by atoms with van der Waals surface area (Å²) in [4.78, 5) is 22.5. The van der Waals surface area contributed by atoms with E-state index < -0.39 is 0 Å². The van der Waals surface area contributed by atoms with Crippen LogP contribution < -0.4 is 5.32 Å². The fourth-order valence-corrected chi connectivity index (χ4v) is 3.33. The van der Waals surface area contributed by atoms with Crippen LogP contribution in [0.5, 0.6) is 0 Å². The molecule has 1 aromatic rings. The van der Waals surface area contributed by atoms with Crippen molar-refractivity contribution in [3.05, 3.63) is 24.3 Å². The summed E-state index contributed by atoms with van der Waals surface area (Å²) in [6, 6.07) is 0. The van der Waals surface area contributed by atoms with Gasteiger partial charge in [-0.05, 0) is 32.2 Å². The van der Waals surface area contributed by atoms with Gasteiger partial charge in [0.2, 0.25) is 0 Å². The molecule has 3 heterocycles. The zero-order valence-corrected chi connectivity index (χ0v) is 11.1. The molecule has 3 rings (SSSR count). The Morgan fingerprint density at radius 3 is 2.95 bits per heavy atom. The highest BCUT2D eigenvalue weighted by atomic mass is 16.2. The quantitative estimate of drug-likeness (QED) is 0.821. The molecule has 2 aliphatic rings. The second-order valence-corrected chi connectivity index (χ2v) is 5.70. The van der Waals surface area contributed by atoms with Gasteiger partial charge in [0.25, 0.3) is 5.91 Å². The normalized spacial score (nSPS) is 27.5. The molecule has 5 nitrogen and oxygen atoms in total. The Bertz CT molecular complexity index is 437. The largest absolute Gasteiger partial charge is 0.337 e. The number of nitrogens with zero attached hydrogens (tertiary/aromatic N) is 3. The Balaban J connectivity index is 1.73. The molecule has 102 valence electrons. The molecule has 0 radical (unpaired) electrons. The van der Waals surface area contributed by atoms with Crippen LogP contribution in [-0.2, 0) is 0 Å². The van der Waals surface area contributed by atoms with Crippen molar-refractivity contribution in [1.82, 2.24) is 20.2 Å². The number of likely N-dealkylation sites (tertiary alicyclic amines) is 1. The summed E-state index contributed by atoms with van der Waals surface area (Å²) in [5, 5.41) is 3.48. The van der Waals surface area contributed by atoms with Gasteiger partial charge in [0, 0.05) is 37.4 Å². The van der Waals surface area contributed by atoms with E-state index >= 15 is 0 Å². The summed E-state index contributed by atoms with van der Waals surface area (Å²) in [6.45, 7) is 3.85. The van der Waals surface area contributed by atoms with Crippen molar-refractivity contribution in [2.45, 2.75) is 25.7 Å². The molecule has 5 heteroatoms. The average molecular weight is 260 g/mol. The van der Waals surface area contributed by atoms with Gasteiger partial charge in [-0.3, -0.25) is 9.78 Å². The predicted molar refractivity (Wildman–Crippen MR) is 71.7 cm³/mol. The first kappa shape index (κ1) is 12.5. The molecule has 1 unspecified atom stereocenters. The number of carbonyl (C=O) groups is 1. The first-order valence-corrected chi connectivity index (χ1v) is 7.05. The highest BCUT2D eigenvalue weighted by Gasteiger charge is 2.38. The van der Waals surface area contributed by atoms with Gasteiger partial charge in [-0.25, -0.2) is 4.98 Å². The van der Waals surface area contributed by atoms with E-state index in [1.807, 2.05) is 4.90 Å². The highest BCUT2D eigenvalue weighted by molar-refractivity contribution is 5.92. The molecule has 0 aromatic carbocycles. The third-order valence-electron chi connectivity index (χ3n) is 4.29. The number of hydrogen-bond donors (Lipinski definition) is 1. The van der Waals surface area contributed by atoms with E-state index in [4.69, 9.17) is 0 Å². The minimum Gasteiger partial charge on any atom is -0.337 e. The summed E-state index contributed by atoms with van der Waals surface area (Å²) in [7, 11) is 0. The van der Waals surface area contributed by atoms with Gasteiger partial charge in [-0.1, -0.05) is 0 Å². The molecule has 2 aliphatic heterocycles. The van der Waals surface area contributed by atoms with Gasteiger partial charge in [0.05, 0.1) is 6.20 Å². The molecule has 2 saturated heterocycles. The first-order chi connectivity index (χ1) is 9.29. The number of nitrogens with one attached hydrogen (secondary N) is 1. The SMILES string of the molecule is O=C(c1cnccn1)N1CCCC2(CCCNC2)C1. The number of rotatable bonds is 1. The summed E-state index contributed by atoms with van der Waals surface area (Å²) >= 11 is 0. The lowest BCUT2D eigenvalue weighted by Crippen LogP contribution is -2.52. The van der Waals surface area contributed by atoms with Crippen LogP contribution in [0.4, 0.5) is 0 Å². The average Bonchev–Trinajstić information content (AvgIpc) is 2.48. The van der Waals surface area contributed by atoms with Crippen LogP contribution in [0.3, 0.4) is 0 Å². The Hall–Kier alpha value is -1.49. The minimum atomic E-state index is 0.0257. The van der Waals surface area contributed by atoms with Crippen molar-refractivity contribution in [2.24, 2.45) is 5.41 Å². The Morgan fingerprint density at radius 2 is 2.21 bits per heavy atom. The van der Waals surface area contributed by atoms with Gasteiger partial charge < -0.3 is 10.2 Å². The van der Waals surface area contributed by atoms with Gasteiger partial charge in [-0.2, -0.15) is 0 Å². The number of aromatic nitrogens is 2. The molecule has 1 spiro atoms. The van der Waals surface area contributed by atoms with E-state index in [2.05, 4.69) is 15.3 Å². The van der Waals surface area contributed by atoms with Crippen LogP contribution in [0.2, 0.25) is 0 Å². The summed E-state index contributed by atoms with van der Waals surface area (Å²) in [5.74, 6) is 0.0257. The zero-order valence-electron chi connectivity index (χ0n) is 11.1. The number of carbonyl (C=O) groups excluding carboxylic acids is 1. The van der Waals surface area contributed by atoms with Crippen molar-refractivity contribution < 1.29 is 4.79 Å². The van der Waals surface area contributed by atoms with E-state index in [9.17, 15) is 4.79 Å². The lowest BCUT2D eigenvalue weighted by Gasteiger charge is -2.45. The molecule has 1 aromatic heterocycles. The van der Waals surface area contributed by atoms with Crippen LogP contribution in [0.25, 0.3) is 0 Å². The van der Waals surface area contributed by atoms with Crippen molar-refractivity contribution in [2.75, 3.05) is 26.2 Å². The van der Waals surface area contributed by atoms with Gasteiger partial charge in [0.1, 0.15) is 5.69 Å². The molecule has 19 heavy (non-hydrogen) atoms. The summed E-state index contributed by atoms with van der Waals surface area (Å²) in [6.07, 6.45) is 9.49. The van der Waals surface area contributed by atoms with E-state index in [1.54, 1.807) is 18.6 Å². The van der Waals surface area contributed by atoms with Crippen LogP contribution in [0, 0.1) is 5.41 Å². The molecule has 0 bridgehead atoms. The van der Waals surface area contributed by atoms with Crippen molar-refractivity contribution in [3.8, 4) is 0 Å². The smallest absolute Gasteiger partial charge is 0.274 e. The topological polar surface area (TPSA) is 58.1 Å². The number of hydrogen-bond acceptors (Lipinski definition) is 4. The minimum absolute atomic E-state index is 0.0257. The predicted octanol–water partition coefficient (Wildman–Crippen LogP) is 1.08. The van der Waals surface area contributed by atoms with E-state index in [0.717, 1.165) is 32.6 Å². The highest BCUT2D eigenvalue weighted by Crippen LogP contribution is 2.36. The fourth-order valence-electron chi connectivity index (χ4n) is 3.33. The number of amides is 1. The molecular weight excluding hydrogens is 240 g/mol. The van der Waals surface area contributed by atoms with E-state index in [-0.39, 0.29) is 11.3 Å². The Morgan fingerprint density at radius 1 is 1.32 bits per heavy atom. The standard InChI is InChI=1S/C14H20N4O/c19-13(12-9-15-6-7-17-12)18-8-2-4-14(11-18)3-1-5-16-10-14/h6-7,9,16H,1-5,8,10-11H2. The maximum atomic E-state index is 12.4.